The molecular weight excluding hydrogens is 436 g/mol. The van der Waals surface area contributed by atoms with Crippen molar-refractivity contribution in [1.29, 1.82) is 0 Å². The molecule has 2 aromatic carbocycles. The molecule has 8 heteroatoms. The summed E-state index contributed by atoms with van der Waals surface area (Å²) in [6.45, 7) is 2.90. The second-order valence-corrected chi connectivity index (χ2v) is 8.44. The zero-order valence-electron chi connectivity index (χ0n) is 20.5. The Morgan fingerprint density at radius 3 is 2.24 bits per heavy atom. The van der Waals surface area contributed by atoms with Crippen molar-refractivity contribution in [3.63, 3.8) is 0 Å². The van der Waals surface area contributed by atoms with Crippen molar-refractivity contribution in [2.75, 3.05) is 48.5 Å². The summed E-state index contributed by atoms with van der Waals surface area (Å²) in [5.74, 6) is 0.0789. The number of ketones is 1. The number of aliphatic hydroxyl groups excluding tert-OH is 1. The number of carbonyl (C=O) groups is 2. The standard InChI is InChI=1S/C26H32N2O6/c1-16-14-17(32-4)8-10-19(16)24(29)22-23(20-11-9-18(33-5)15-21(20)34-6)28(26(31)25(22)30)13-7-12-27(2)3/h8-11,14-15,23,29H,7,12-13H2,1-6H3/b24-22+. The Morgan fingerprint density at radius 2 is 1.65 bits per heavy atom. The fourth-order valence-electron chi connectivity index (χ4n) is 4.21. The van der Waals surface area contributed by atoms with Crippen LogP contribution in [0.15, 0.2) is 42.0 Å². The summed E-state index contributed by atoms with van der Waals surface area (Å²) in [6, 6.07) is 9.57. The van der Waals surface area contributed by atoms with E-state index in [1.54, 1.807) is 50.6 Å². The smallest absolute Gasteiger partial charge is 0.295 e. The molecule has 1 aliphatic heterocycles. The van der Waals surface area contributed by atoms with Gasteiger partial charge in [0.25, 0.3) is 11.7 Å². The van der Waals surface area contributed by atoms with Gasteiger partial charge in [-0.15, -0.1) is 0 Å². The zero-order valence-corrected chi connectivity index (χ0v) is 20.5. The molecule has 3 rings (SSSR count). The Morgan fingerprint density at radius 1 is 1.00 bits per heavy atom. The summed E-state index contributed by atoms with van der Waals surface area (Å²) >= 11 is 0. The van der Waals surface area contributed by atoms with E-state index in [2.05, 4.69) is 0 Å². The van der Waals surface area contributed by atoms with Crippen LogP contribution in [0.3, 0.4) is 0 Å². The van der Waals surface area contributed by atoms with Crippen LogP contribution in [0.5, 0.6) is 17.2 Å². The summed E-state index contributed by atoms with van der Waals surface area (Å²) < 4.78 is 16.2. The van der Waals surface area contributed by atoms with Crippen molar-refractivity contribution in [1.82, 2.24) is 9.80 Å². The number of Topliss-reactive ketones (excluding diaryl/α,β-unsaturated/α-hetero) is 1. The molecule has 182 valence electrons. The van der Waals surface area contributed by atoms with Crippen molar-refractivity contribution in [3.05, 3.63) is 58.7 Å². The van der Waals surface area contributed by atoms with Gasteiger partial charge in [0, 0.05) is 23.7 Å². The Labute approximate surface area is 200 Å². The molecule has 1 saturated heterocycles. The Balaban J connectivity index is 2.19. The second kappa shape index (κ2) is 10.6. The summed E-state index contributed by atoms with van der Waals surface area (Å²) in [4.78, 5) is 29.9. The molecule has 0 saturated carbocycles. The fourth-order valence-corrected chi connectivity index (χ4v) is 4.21. The van der Waals surface area contributed by atoms with Gasteiger partial charge < -0.3 is 29.1 Å². The minimum Gasteiger partial charge on any atom is -0.507 e. The van der Waals surface area contributed by atoms with Crippen molar-refractivity contribution < 1.29 is 28.9 Å². The highest BCUT2D eigenvalue weighted by atomic mass is 16.5. The lowest BCUT2D eigenvalue weighted by molar-refractivity contribution is -0.140. The van der Waals surface area contributed by atoms with Crippen LogP contribution in [0.2, 0.25) is 0 Å². The summed E-state index contributed by atoms with van der Waals surface area (Å²) in [7, 11) is 8.52. The number of likely N-dealkylation sites (tertiary alicyclic amines) is 1. The van der Waals surface area contributed by atoms with Gasteiger partial charge in [0.05, 0.1) is 32.9 Å². The van der Waals surface area contributed by atoms with E-state index in [1.807, 2.05) is 25.9 Å². The molecule has 1 N–H and O–H groups in total. The second-order valence-electron chi connectivity index (χ2n) is 8.44. The van der Waals surface area contributed by atoms with E-state index >= 15 is 0 Å². The number of aryl methyl sites for hydroxylation is 1. The van der Waals surface area contributed by atoms with Crippen LogP contribution < -0.4 is 14.2 Å². The lowest BCUT2D eigenvalue weighted by atomic mass is 9.93. The highest BCUT2D eigenvalue weighted by Crippen LogP contribution is 2.44. The van der Waals surface area contributed by atoms with Crippen molar-refractivity contribution in [3.8, 4) is 17.2 Å². The average Bonchev–Trinajstić information content (AvgIpc) is 3.07. The number of benzene rings is 2. The molecule has 2 aromatic rings. The maximum atomic E-state index is 13.3. The molecule has 34 heavy (non-hydrogen) atoms. The highest BCUT2D eigenvalue weighted by Gasteiger charge is 2.47. The number of methoxy groups -OCH3 is 3. The summed E-state index contributed by atoms with van der Waals surface area (Å²) in [5, 5.41) is 11.3. The van der Waals surface area contributed by atoms with Gasteiger partial charge in [0.2, 0.25) is 0 Å². The number of ether oxygens (including phenoxy) is 3. The fraction of sp³-hybridized carbons (Fsp3) is 0.385. The van der Waals surface area contributed by atoms with E-state index in [-0.39, 0.29) is 11.3 Å². The molecular formula is C26H32N2O6. The van der Waals surface area contributed by atoms with E-state index in [4.69, 9.17) is 14.2 Å². The number of rotatable bonds is 9. The molecule has 1 unspecified atom stereocenters. The van der Waals surface area contributed by atoms with E-state index < -0.39 is 17.7 Å². The van der Waals surface area contributed by atoms with Crippen LogP contribution in [-0.2, 0) is 9.59 Å². The molecule has 8 nitrogen and oxygen atoms in total. The molecule has 0 radical (unpaired) electrons. The maximum Gasteiger partial charge on any atom is 0.295 e. The average molecular weight is 469 g/mol. The minimum absolute atomic E-state index is 0.0339. The lowest BCUT2D eigenvalue weighted by Gasteiger charge is -2.27. The van der Waals surface area contributed by atoms with Crippen LogP contribution in [0.25, 0.3) is 5.76 Å². The van der Waals surface area contributed by atoms with E-state index in [0.29, 0.717) is 41.3 Å². The molecule has 1 heterocycles. The highest BCUT2D eigenvalue weighted by molar-refractivity contribution is 6.46. The van der Waals surface area contributed by atoms with Gasteiger partial charge in [0.15, 0.2) is 0 Å². The van der Waals surface area contributed by atoms with E-state index in [9.17, 15) is 14.7 Å². The first-order chi connectivity index (χ1) is 16.2. The molecule has 1 aliphatic rings. The number of aliphatic hydroxyl groups is 1. The van der Waals surface area contributed by atoms with Crippen LogP contribution >= 0.6 is 0 Å². The van der Waals surface area contributed by atoms with Crippen molar-refractivity contribution in [2.45, 2.75) is 19.4 Å². The number of hydrogen-bond donors (Lipinski definition) is 1. The van der Waals surface area contributed by atoms with Gasteiger partial charge in [-0.3, -0.25) is 9.59 Å². The predicted octanol–water partition coefficient (Wildman–Crippen LogP) is 3.39. The molecule has 1 amide bonds. The Kier molecular flexibility index (Phi) is 7.83. The third-order valence-electron chi connectivity index (χ3n) is 5.97. The largest absolute Gasteiger partial charge is 0.507 e. The van der Waals surface area contributed by atoms with Gasteiger partial charge in [0.1, 0.15) is 23.0 Å². The first-order valence-corrected chi connectivity index (χ1v) is 11.0. The van der Waals surface area contributed by atoms with Gasteiger partial charge in [-0.2, -0.15) is 0 Å². The molecule has 0 spiro atoms. The maximum absolute atomic E-state index is 13.3. The summed E-state index contributed by atoms with van der Waals surface area (Å²) in [5.41, 5.74) is 1.81. The third kappa shape index (κ3) is 4.87. The Bertz CT molecular complexity index is 1110. The quantitative estimate of drug-likeness (QED) is 0.343. The van der Waals surface area contributed by atoms with Gasteiger partial charge in [-0.25, -0.2) is 0 Å². The van der Waals surface area contributed by atoms with E-state index in [1.165, 1.54) is 12.0 Å². The molecule has 0 aromatic heterocycles. The summed E-state index contributed by atoms with van der Waals surface area (Å²) in [6.07, 6.45) is 0.663. The molecule has 1 atom stereocenters. The molecule has 0 aliphatic carbocycles. The van der Waals surface area contributed by atoms with Crippen molar-refractivity contribution >= 4 is 17.4 Å². The van der Waals surface area contributed by atoms with Crippen LogP contribution in [0, 0.1) is 6.92 Å². The van der Waals surface area contributed by atoms with Gasteiger partial charge in [-0.05, 0) is 69.9 Å². The molecule has 0 bridgehead atoms. The number of amides is 1. The van der Waals surface area contributed by atoms with Crippen LogP contribution in [0.4, 0.5) is 0 Å². The van der Waals surface area contributed by atoms with Crippen molar-refractivity contribution in [2.24, 2.45) is 0 Å². The third-order valence-corrected chi connectivity index (χ3v) is 5.97. The first-order valence-electron chi connectivity index (χ1n) is 11.0. The predicted molar refractivity (Wildman–Crippen MR) is 129 cm³/mol. The van der Waals surface area contributed by atoms with Crippen LogP contribution in [0.1, 0.15) is 29.2 Å². The zero-order chi connectivity index (χ0) is 25.0. The monoisotopic (exact) mass is 468 g/mol. The van der Waals surface area contributed by atoms with E-state index in [0.717, 1.165) is 12.1 Å². The van der Waals surface area contributed by atoms with Gasteiger partial charge in [-0.1, -0.05) is 0 Å². The molecule has 1 fully saturated rings. The lowest BCUT2D eigenvalue weighted by Crippen LogP contribution is -2.32. The van der Waals surface area contributed by atoms with Crippen LogP contribution in [-0.4, -0.2) is 75.1 Å². The number of carbonyl (C=O) groups excluding carboxylic acids is 2. The first kappa shape index (κ1) is 25.1. The number of hydrogen-bond acceptors (Lipinski definition) is 7. The van der Waals surface area contributed by atoms with Gasteiger partial charge >= 0.3 is 0 Å². The SMILES string of the molecule is COc1ccc(/C(O)=C2\C(=O)C(=O)N(CCCN(C)C)C2c2ccc(OC)cc2OC)c(C)c1. The normalized spacial score (nSPS) is 17.4. The minimum atomic E-state index is -0.801. The topological polar surface area (TPSA) is 88.5 Å². The number of nitrogens with zero attached hydrogens (tertiary/aromatic N) is 2. The Hall–Kier alpha value is -3.52.